The maximum atomic E-state index is 11.1. The average molecular weight is 273 g/mol. The van der Waals surface area contributed by atoms with E-state index >= 15 is 0 Å². The van der Waals surface area contributed by atoms with Gasteiger partial charge in [-0.05, 0) is 37.5 Å². The Bertz CT molecular complexity index is 477. The Kier molecular flexibility index (Phi) is 4.35. The van der Waals surface area contributed by atoms with Crippen LogP contribution in [0.5, 0.6) is 5.75 Å². The Hall–Kier alpha value is -1.53. The molecule has 0 aromatic heterocycles. The van der Waals surface area contributed by atoms with Crippen LogP contribution in [-0.4, -0.2) is 12.2 Å². The van der Waals surface area contributed by atoms with Crippen LogP contribution in [0.25, 0.3) is 0 Å². The normalized spacial score (nSPS) is 21.3. The van der Waals surface area contributed by atoms with Gasteiger partial charge in [-0.3, -0.25) is 0 Å². The van der Waals surface area contributed by atoms with Crippen molar-refractivity contribution in [2.24, 2.45) is 5.41 Å². The van der Waals surface area contributed by atoms with Crippen LogP contribution < -0.4 is 4.74 Å². The molecule has 1 saturated carbocycles. The van der Waals surface area contributed by atoms with Crippen molar-refractivity contribution in [1.82, 2.24) is 0 Å². The van der Waals surface area contributed by atoms with Crippen molar-refractivity contribution in [2.75, 3.05) is 7.11 Å². The third-order valence-corrected chi connectivity index (χ3v) is 4.76. The van der Waals surface area contributed by atoms with Gasteiger partial charge in [-0.25, -0.2) is 0 Å². The van der Waals surface area contributed by atoms with Crippen molar-refractivity contribution in [3.05, 3.63) is 29.8 Å². The summed E-state index contributed by atoms with van der Waals surface area (Å²) >= 11 is 0. The summed E-state index contributed by atoms with van der Waals surface area (Å²) in [6, 6.07) is 9.85. The van der Waals surface area contributed by atoms with Crippen LogP contribution in [0.1, 0.15) is 51.0 Å². The first-order valence-electron chi connectivity index (χ1n) is 7.34. The molecular formula is C17H23NO2. The lowest BCUT2D eigenvalue weighted by atomic mass is 9.66. The average Bonchev–Trinajstić information content (AvgIpc) is 2.74. The van der Waals surface area contributed by atoms with Gasteiger partial charge in [0, 0.05) is 0 Å². The van der Waals surface area contributed by atoms with Gasteiger partial charge in [-0.2, -0.15) is 5.26 Å². The van der Waals surface area contributed by atoms with Crippen LogP contribution >= 0.6 is 0 Å². The monoisotopic (exact) mass is 273 g/mol. The Balaban J connectivity index is 2.36. The van der Waals surface area contributed by atoms with Gasteiger partial charge in [0.2, 0.25) is 0 Å². The highest BCUT2D eigenvalue weighted by Crippen LogP contribution is 2.48. The molecule has 0 radical (unpaired) electrons. The van der Waals surface area contributed by atoms with Gasteiger partial charge in [0.15, 0.2) is 0 Å². The van der Waals surface area contributed by atoms with Crippen LogP contribution in [0, 0.1) is 16.7 Å². The fourth-order valence-electron chi connectivity index (χ4n) is 3.23. The van der Waals surface area contributed by atoms with Gasteiger partial charge in [-0.15, -0.1) is 0 Å². The highest BCUT2D eigenvalue weighted by molar-refractivity contribution is 5.33. The molecule has 1 atom stereocenters. The van der Waals surface area contributed by atoms with Gasteiger partial charge >= 0.3 is 0 Å². The first-order valence-corrected chi connectivity index (χ1v) is 7.34. The lowest BCUT2D eigenvalue weighted by molar-refractivity contribution is -0.0533. The fraction of sp³-hybridized carbons (Fsp3) is 0.588. The predicted molar refractivity (Wildman–Crippen MR) is 78.3 cm³/mol. The minimum Gasteiger partial charge on any atom is -0.497 e. The lowest BCUT2D eigenvalue weighted by Crippen LogP contribution is -2.42. The van der Waals surface area contributed by atoms with Gasteiger partial charge in [0.1, 0.15) is 11.4 Å². The molecule has 1 aromatic carbocycles. The van der Waals surface area contributed by atoms with Crippen LogP contribution in [-0.2, 0) is 5.60 Å². The number of ether oxygens (including phenoxy) is 1. The van der Waals surface area contributed by atoms with Crippen molar-refractivity contribution in [2.45, 2.75) is 51.0 Å². The molecule has 3 heteroatoms. The minimum absolute atomic E-state index is 0.682. The van der Waals surface area contributed by atoms with Crippen LogP contribution in [0.3, 0.4) is 0 Å². The molecule has 3 nitrogen and oxygen atoms in total. The number of hydrogen-bond donors (Lipinski definition) is 1. The molecule has 1 N–H and O–H groups in total. The molecule has 1 aliphatic rings. The Morgan fingerprint density at radius 3 is 2.15 bits per heavy atom. The zero-order valence-corrected chi connectivity index (χ0v) is 12.4. The first kappa shape index (κ1) is 14.9. The summed E-state index contributed by atoms with van der Waals surface area (Å²) in [5, 5.41) is 20.8. The highest BCUT2D eigenvalue weighted by atomic mass is 16.5. The topological polar surface area (TPSA) is 53.2 Å². The van der Waals surface area contributed by atoms with Gasteiger partial charge in [-0.1, -0.05) is 37.8 Å². The van der Waals surface area contributed by atoms with E-state index in [1.165, 1.54) is 0 Å². The van der Waals surface area contributed by atoms with Gasteiger partial charge in [0.05, 0.1) is 18.6 Å². The first-order chi connectivity index (χ1) is 9.55. The van der Waals surface area contributed by atoms with E-state index in [-0.39, 0.29) is 0 Å². The van der Waals surface area contributed by atoms with Crippen molar-refractivity contribution in [3.63, 3.8) is 0 Å². The van der Waals surface area contributed by atoms with E-state index in [0.717, 1.165) is 49.8 Å². The summed E-state index contributed by atoms with van der Waals surface area (Å²) in [4.78, 5) is 0. The summed E-state index contributed by atoms with van der Waals surface area (Å²) in [6.45, 7) is 1.78. The summed E-state index contributed by atoms with van der Waals surface area (Å²) in [7, 11) is 1.62. The molecular weight excluding hydrogens is 250 g/mol. The molecule has 0 bridgehead atoms. The van der Waals surface area contributed by atoms with E-state index in [2.05, 4.69) is 6.07 Å². The molecule has 0 aliphatic heterocycles. The Morgan fingerprint density at radius 1 is 1.15 bits per heavy atom. The largest absolute Gasteiger partial charge is 0.497 e. The molecule has 1 unspecified atom stereocenters. The SMILES string of the molecule is COc1ccc(C(C)(O)C2(C#N)CCCCCC2)cc1. The van der Waals surface area contributed by atoms with Crippen molar-refractivity contribution >= 4 is 0 Å². The number of hydrogen-bond acceptors (Lipinski definition) is 3. The van der Waals surface area contributed by atoms with E-state index < -0.39 is 11.0 Å². The van der Waals surface area contributed by atoms with E-state index in [9.17, 15) is 10.4 Å². The quantitative estimate of drug-likeness (QED) is 0.853. The standard InChI is InChI=1S/C17H23NO2/c1-16(19,14-7-9-15(20-2)10-8-14)17(13-18)11-5-3-4-6-12-17/h7-10,19H,3-6,11-12H2,1-2H3. The minimum atomic E-state index is -1.13. The maximum absolute atomic E-state index is 11.1. The number of rotatable bonds is 3. The zero-order chi connectivity index (χ0) is 14.6. The number of nitriles is 1. The molecule has 20 heavy (non-hydrogen) atoms. The molecule has 0 heterocycles. The smallest absolute Gasteiger partial charge is 0.118 e. The van der Waals surface area contributed by atoms with Crippen molar-refractivity contribution in [1.29, 1.82) is 5.26 Å². The van der Waals surface area contributed by atoms with E-state index in [1.807, 2.05) is 24.3 Å². The lowest BCUT2D eigenvalue weighted by Gasteiger charge is -2.40. The highest BCUT2D eigenvalue weighted by Gasteiger charge is 2.48. The predicted octanol–water partition coefficient (Wildman–Crippen LogP) is 3.77. The molecule has 0 spiro atoms. The number of benzene rings is 1. The summed E-state index contributed by atoms with van der Waals surface area (Å²) in [6.07, 6.45) is 5.87. The maximum Gasteiger partial charge on any atom is 0.118 e. The van der Waals surface area contributed by atoms with Crippen LogP contribution in [0.4, 0.5) is 0 Å². The third kappa shape index (κ3) is 2.53. The Morgan fingerprint density at radius 2 is 1.70 bits per heavy atom. The number of aliphatic hydroxyl groups is 1. The summed E-state index contributed by atoms with van der Waals surface area (Å²) in [5.41, 5.74) is -1.02. The van der Waals surface area contributed by atoms with E-state index in [0.29, 0.717) is 0 Å². The molecule has 1 aliphatic carbocycles. The Labute approximate surface area is 121 Å². The summed E-state index contributed by atoms with van der Waals surface area (Å²) < 4.78 is 5.15. The van der Waals surface area contributed by atoms with Gasteiger partial charge in [0.25, 0.3) is 0 Å². The second kappa shape index (κ2) is 5.85. The van der Waals surface area contributed by atoms with Crippen molar-refractivity contribution in [3.8, 4) is 11.8 Å². The summed E-state index contributed by atoms with van der Waals surface area (Å²) in [5.74, 6) is 0.761. The molecule has 2 rings (SSSR count). The van der Waals surface area contributed by atoms with Crippen LogP contribution in [0.15, 0.2) is 24.3 Å². The molecule has 0 saturated heterocycles. The number of nitrogens with zero attached hydrogens (tertiary/aromatic N) is 1. The zero-order valence-electron chi connectivity index (χ0n) is 12.4. The molecule has 108 valence electrons. The second-order valence-electron chi connectivity index (χ2n) is 5.91. The molecule has 1 fully saturated rings. The van der Waals surface area contributed by atoms with Gasteiger partial charge < -0.3 is 9.84 Å². The van der Waals surface area contributed by atoms with E-state index in [1.54, 1.807) is 14.0 Å². The molecule has 0 amide bonds. The fourth-order valence-corrected chi connectivity index (χ4v) is 3.23. The van der Waals surface area contributed by atoms with E-state index in [4.69, 9.17) is 4.74 Å². The second-order valence-corrected chi connectivity index (χ2v) is 5.91. The third-order valence-electron chi connectivity index (χ3n) is 4.76. The van der Waals surface area contributed by atoms with Crippen molar-refractivity contribution < 1.29 is 9.84 Å². The number of methoxy groups -OCH3 is 1. The molecule has 1 aromatic rings. The van der Waals surface area contributed by atoms with Crippen LogP contribution in [0.2, 0.25) is 0 Å².